The molecule has 0 radical (unpaired) electrons. The molecule has 0 aliphatic carbocycles. The molecule has 2 aromatic rings. The smallest absolute Gasteiger partial charge is 0.264 e. The Morgan fingerprint density at radius 3 is 2.62 bits per heavy atom. The van der Waals surface area contributed by atoms with Crippen molar-refractivity contribution in [2.75, 3.05) is 4.90 Å². The van der Waals surface area contributed by atoms with E-state index >= 15 is 0 Å². The molecular formula is C27H33N3OS. The van der Waals surface area contributed by atoms with E-state index < -0.39 is 0 Å². The number of hydrogen-bond acceptors (Lipinski definition) is 4. The number of aryl methyl sites for hydroxylation is 2. The second kappa shape index (κ2) is 8.43. The third-order valence-electron chi connectivity index (χ3n) is 6.34. The van der Waals surface area contributed by atoms with Crippen LogP contribution in [0.1, 0.15) is 69.2 Å². The number of fused-ring (bicyclic) bond motifs is 1. The Hall–Kier alpha value is -2.53. The van der Waals surface area contributed by atoms with Crippen molar-refractivity contribution in [1.29, 1.82) is 0 Å². The van der Waals surface area contributed by atoms with Gasteiger partial charge in [0.15, 0.2) is 5.17 Å². The first-order valence-corrected chi connectivity index (χ1v) is 12.2. The van der Waals surface area contributed by atoms with Gasteiger partial charge in [0, 0.05) is 17.3 Å². The second-order valence-electron chi connectivity index (χ2n) is 9.97. The van der Waals surface area contributed by atoms with Crippen LogP contribution in [0.4, 0.5) is 11.4 Å². The number of amides is 1. The van der Waals surface area contributed by atoms with E-state index in [9.17, 15) is 4.79 Å². The van der Waals surface area contributed by atoms with Gasteiger partial charge in [-0.3, -0.25) is 4.79 Å². The van der Waals surface area contributed by atoms with E-state index in [2.05, 4.69) is 81.0 Å². The van der Waals surface area contributed by atoms with Crippen molar-refractivity contribution >= 4 is 40.3 Å². The van der Waals surface area contributed by atoms with Gasteiger partial charge in [-0.15, -0.1) is 0 Å². The summed E-state index contributed by atoms with van der Waals surface area (Å²) in [6.07, 6.45) is 3.09. The number of nitrogens with one attached hydrogen (secondary N) is 1. The Bertz CT molecular complexity index is 1130. The molecule has 0 spiro atoms. The Morgan fingerprint density at radius 2 is 1.94 bits per heavy atom. The highest BCUT2D eigenvalue weighted by Crippen LogP contribution is 2.45. The van der Waals surface area contributed by atoms with Crippen LogP contribution in [0, 0.1) is 13.8 Å². The largest absolute Gasteiger partial charge is 0.364 e. The predicted octanol–water partition coefficient (Wildman–Crippen LogP) is 6.70. The maximum absolute atomic E-state index is 12.6. The van der Waals surface area contributed by atoms with Gasteiger partial charge in [-0.2, -0.15) is 0 Å². The molecule has 1 atom stereocenters. The fraction of sp³-hybridized carbons (Fsp3) is 0.407. The van der Waals surface area contributed by atoms with E-state index in [1.54, 1.807) is 0 Å². The molecule has 2 aliphatic heterocycles. The SMILES string of the molecule is Cc1ccc(N=C2NC(=O)/C(=C/c3ccc4c(c3)[C@@H](C)CC(C)(C)N4C(C)C)S2)c(C)c1. The van der Waals surface area contributed by atoms with Gasteiger partial charge in [0.1, 0.15) is 0 Å². The number of nitrogens with zero attached hydrogens (tertiary/aromatic N) is 2. The molecule has 1 N–H and O–H groups in total. The second-order valence-corrected chi connectivity index (χ2v) is 11.0. The topological polar surface area (TPSA) is 44.7 Å². The molecule has 0 unspecified atom stereocenters. The minimum Gasteiger partial charge on any atom is -0.364 e. The van der Waals surface area contributed by atoms with Crippen molar-refractivity contribution in [2.45, 2.75) is 72.4 Å². The van der Waals surface area contributed by atoms with Crippen LogP contribution in [0.5, 0.6) is 0 Å². The van der Waals surface area contributed by atoms with Crippen LogP contribution >= 0.6 is 11.8 Å². The Labute approximate surface area is 196 Å². The summed E-state index contributed by atoms with van der Waals surface area (Å²) >= 11 is 1.40. The minimum absolute atomic E-state index is 0.0887. The monoisotopic (exact) mass is 447 g/mol. The maximum atomic E-state index is 12.6. The summed E-state index contributed by atoms with van der Waals surface area (Å²) in [4.78, 5) is 20.5. The van der Waals surface area contributed by atoms with Crippen LogP contribution in [0.2, 0.25) is 0 Å². The summed E-state index contributed by atoms with van der Waals surface area (Å²) in [7, 11) is 0. The molecule has 0 saturated carbocycles. The van der Waals surface area contributed by atoms with Gasteiger partial charge < -0.3 is 10.2 Å². The van der Waals surface area contributed by atoms with Gasteiger partial charge in [0.25, 0.3) is 5.91 Å². The highest BCUT2D eigenvalue weighted by atomic mass is 32.2. The third-order valence-corrected chi connectivity index (χ3v) is 7.25. The minimum atomic E-state index is -0.0887. The first kappa shape index (κ1) is 22.7. The normalized spacial score (nSPS) is 22.6. The van der Waals surface area contributed by atoms with E-state index in [1.165, 1.54) is 28.6 Å². The van der Waals surface area contributed by atoms with Crippen LogP contribution in [-0.2, 0) is 4.79 Å². The van der Waals surface area contributed by atoms with E-state index in [1.807, 2.05) is 25.1 Å². The molecule has 1 fully saturated rings. The first-order chi connectivity index (χ1) is 15.0. The summed E-state index contributed by atoms with van der Waals surface area (Å²) in [5.74, 6) is 0.384. The number of aliphatic imine (C=N–C) groups is 1. The number of rotatable bonds is 3. The van der Waals surface area contributed by atoms with Crippen LogP contribution in [0.3, 0.4) is 0 Å². The van der Waals surface area contributed by atoms with Crippen molar-refractivity contribution in [3.8, 4) is 0 Å². The molecule has 2 aromatic carbocycles. The standard InChI is InChI=1S/C27H33N3OS/c1-16(2)30-23-11-9-20(13-21(23)19(5)15-27(30,6)7)14-24-25(31)29-26(32-24)28-22-10-8-17(3)12-18(22)4/h8-14,16,19H,15H2,1-7H3,(H,28,29,31)/b24-14-/t19-/m0/s1. The Morgan fingerprint density at radius 1 is 1.19 bits per heavy atom. The van der Waals surface area contributed by atoms with Crippen LogP contribution in [0.15, 0.2) is 46.3 Å². The molecule has 2 heterocycles. The summed E-state index contributed by atoms with van der Waals surface area (Å²) in [6, 6.07) is 13.2. The first-order valence-electron chi connectivity index (χ1n) is 11.4. The van der Waals surface area contributed by atoms with Gasteiger partial charge in [-0.1, -0.05) is 30.7 Å². The zero-order valence-corrected chi connectivity index (χ0v) is 20.9. The molecule has 168 valence electrons. The summed E-state index contributed by atoms with van der Waals surface area (Å²) < 4.78 is 0. The Kier molecular flexibility index (Phi) is 5.97. The van der Waals surface area contributed by atoms with Crippen molar-refractivity contribution in [1.82, 2.24) is 5.32 Å². The number of amidine groups is 1. The molecule has 1 saturated heterocycles. The number of benzene rings is 2. The molecule has 5 heteroatoms. The van der Waals surface area contributed by atoms with E-state index in [4.69, 9.17) is 0 Å². The van der Waals surface area contributed by atoms with E-state index in [-0.39, 0.29) is 11.4 Å². The highest BCUT2D eigenvalue weighted by Gasteiger charge is 2.37. The third kappa shape index (κ3) is 4.36. The Balaban J connectivity index is 1.63. The lowest BCUT2D eigenvalue weighted by Gasteiger charge is -2.50. The maximum Gasteiger partial charge on any atom is 0.264 e. The van der Waals surface area contributed by atoms with E-state index in [0.29, 0.717) is 22.0 Å². The number of carbonyl (C=O) groups excluding carboxylic acids is 1. The van der Waals surface area contributed by atoms with Crippen LogP contribution < -0.4 is 10.2 Å². The van der Waals surface area contributed by atoms with Crippen molar-refractivity contribution < 1.29 is 4.79 Å². The zero-order chi connectivity index (χ0) is 23.2. The number of thioether (sulfide) groups is 1. The predicted molar refractivity (Wildman–Crippen MR) is 138 cm³/mol. The summed E-state index contributed by atoms with van der Waals surface area (Å²) in [5.41, 5.74) is 7.05. The zero-order valence-electron chi connectivity index (χ0n) is 20.1. The lowest BCUT2D eigenvalue weighted by atomic mass is 9.79. The molecule has 2 aliphatic rings. The number of hydrogen-bond donors (Lipinski definition) is 1. The highest BCUT2D eigenvalue weighted by molar-refractivity contribution is 8.18. The van der Waals surface area contributed by atoms with Gasteiger partial charge in [-0.25, -0.2) is 4.99 Å². The fourth-order valence-corrected chi connectivity index (χ4v) is 6.04. The lowest BCUT2D eigenvalue weighted by Crippen LogP contribution is -2.51. The summed E-state index contributed by atoms with van der Waals surface area (Å²) in [6.45, 7) is 15.6. The van der Waals surface area contributed by atoms with Gasteiger partial charge in [0.05, 0.1) is 10.6 Å². The molecular weight excluding hydrogens is 414 g/mol. The fourth-order valence-electron chi connectivity index (χ4n) is 5.21. The number of anilines is 1. The molecule has 0 aromatic heterocycles. The summed E-state index contributed by atoms with van der Waals surface area (Å²) in [5, 5.41) is 3.55. The molecule has 4 rings (SSSR count). The molecule has 1 amide bonds. The quantitative estimate of drug-likeness (QED) is 0.533. The average molecular weight is 448 g/mol. The van der Waals surface area contributed by atoms with Gasteiger partial charge in [-0.05, 0) is 107 Å². The average Bonchev–Trinajstić information content (AvgIpc) is 3.02. The lowest BCUT2D eigenvalue weighted by molar-refractivity contribution is -0.115. The van der Waals surface area contributed by atoms with Gasteiger partial charge >= 0.3 is 0 Å². The molecule has 0 bridgehead atoms. The molecule has 4 nitrogen and oxygen atoms in total. The van der Waals surface area contributed by atoms with E-state index in [0.717, 1.165) is 23.2 Å². The number of carbonyl (C=O) groups is 1. The van der Waals surface area contributed by atoms with Crippen molar-refractivity contribution in [3.63, 3.8) is 0 Å². The van der Waals surface area contributed by atoms with Gasteiger partial charge in [0.2, 0.25) is 0 Å². The van der Waals surface area contributed by atoms with Crippen molar-refractivity contribution in [3.05, 3.63) is 63.6 Å². The van der Waals surface area contributed by atoms with Crippen LogP contribution in [-0.4, -0.2) is 22.7 Å². The van der Waals surface area contributed by atoms with Crippen molar-refractivity contribution in [2.24, 2.45) is 4.99 Å². The van der Waals surface area contributed by atoms with Crippen LogP contribution in [0.25, 0.3) is 6.08 Å². The molecule has 32 heavy (non-hydrogen) atoms.